The summed E-state index contributed by atoms with van der Waals surface area (Å²) in [5.74, 6) is -1.22. The fraction of sp³-hybridized carbons (Fsp3) is 0.667. The highest BCUT2D eigenvalue weighted by Gasteiger charge is 2.23. The highest BCUT2D eigenvalue weighted by Crippen LogP contribution is 2.14. The monoisotopic (exact) mass is 393 g/mol. The molecule has 0 aliphatic carbocycles. The van der Waals surface area contributed by atoms with Crippen molar-refractivity contribution in [2.45, 2.75) is 39.7 Å². The number of hydrogen-bond acceptors (Lipinski definition) is 9. The van der Waals surface area contributed by atoms with Crippen LogP contribution in [0.25, 0.3) is 0 Å². The number of esters is 2. The van der Waals surface area contributed by atoms with Crippen LogP contribution in [0.4, 0.5) is 0 Å². The van der Waals surface area contributed by atoms with Crippen molar-refractivity contribution in [1.82, 2.24) is 5.32 Å². The highest BCUT2D eigenvalue weighted by molar-refractivity contribution is 8.15. The molecule has 0 saturated carbocycles. The summed E-state index contributed by atoms with van der Waals surface area (Å²) >= 11 is 1.66. The summed E-state index contributed by atoms with van der Waals surface area (Å²) in [5.41, 5.74) is 0. The molecule has 0 rings (SSSR count). The van der Waals surface area contributed by atoms with Crippen LogP contribution >= 0.6 is 23.5 Å². The summed E-state index contributed by atoms with van der Waals surface area (Å²) in [5, 5.41) is 1.61. The molecule has 0 aromatic rings. The van der Waals surface area contributed by atoms with E-state index in [0.717, 1.165) is 23.5 Å². The maximum absolute atomic E-state index is 11.8. The average Bonchev–Trinajstić information content (AvgIpc) is 2.51. The number of amides is 1. The predicted molar refractivity (Wildman–Crippen MR) is 95.0 cm³/mol. The number of hydrogen-bond donors (Lipinski definition) is 1. The van der Waals surface area contributed by atoms with Crippen molar-refractivity contribution in [3.05, 3.63) is 0 Å². The van der Waals surface area contributed by atoms with Gasteiger partial charge in [-0.05, 0) is 13.8 Å². The van der Waals surface area contributed by atoms with Gasteiger partial charge in [0.2, 0.25) is 5.91 Å². The molecule has 0 saturated heterocycles. The summed E-state index contributed by atoms with van der Waals surface area (Å²) in [7, 11) is 0. The molecule has 1 atom stereocenters. The van der Waals surface area contributed by atoms with Crippen molar-refractivity contribution >= 4 is 51.6 Å². The Kier molecular flexibility index (Phi) is 12.9. The molecule has 0 heterocycles. The van der Waals surface area contributed by atoms with E-state index in [-0.39, 0.29) is 42.7 Å². The third kappa shape index (κ3) is 12.5. The van der Waals surface area contributed by atoms with Crippen molar-refractivity contribution in [3.63, 3.8) is 0 Å². The van der Waals surface area contributed by atoms with Crippen LogP contribution in [-0.4, -0.2) is 58.8 Å². The van der Waals surface area contributed by atoms with E-state index in [1.165, 1.54) is 6.92 Å². The number of thioether (sulfide) groups is 2. The van der Waals surface area contributed by atoms with E-state index in [1.807, 2.05) is 0 Å². The van der Waals surface area contributed by atoms with E-state index < -0.39 is 29.0 Å². The van der Waals surface area contributed by atoms with E-state index in [0.29, 0.717) is 0 Å². The summed E-state index contributed by atoms with van der Waals surface area (Å²) in [6, 6.07) is -0.946. The van der Waals surface area contributed by atoms with Gasteiger partial charge in [0.1, 0.15) is 6.04 Å². The molecule has 0 radical (unpaired) electrons. The van der Waals surface area contributed by atoms with Gasteiger partial charge in [0.05, 0.1) is 26.1 Å². The number of nitrogens with one attached hydrogen (secondary N) is 1. The second-order valence-electron chi connectivity index (χ2n) is 4.64. The van der Waals surface area contributed by atoms with Gasteiger partial charge < -0.3 is 14.8 Å². The van der Waals surface area contributed by atoms with Gasteiger partial charge in [0.15, 0.2) is 10.2 Å². The first-order valence-electron chi connectivity index (χ1n) is 7.70. The van der Waals surface area contributed by atoms with Crippen molar-refractivity contribution in [2.75, 3.05) is 24.7 Å². The highest BCUT2D eigenvalue weighted by atomic mass is 32.2. The minimum Gasteiger partial charge on any atom is -0.466 e. The SMILES string of the molecule is CCOC(=O)CCSC(=O)CC(=O)SCC(NC(C)=O)C(=O)OCC. The number of rotatable bonds is 11. The molecule has 0 aliphatic heterocycles. The molecule has 0 fully saturated rings. The Balaban J connectivity index is 4.20. The lowest BCUT2D eigenvalue weighted by molar-refractivity contribution is -0.146. The van der Waals surface area contributed by atoms with Gasteiger partial charge in [0.25, 0.3) is 0 Å². The third-order valence-electron chi connectivity index (χ3n) is 2.52. The van der Waals surface area contributed by atoms with E-state index in [4.69, 9.17) is 9.47 Å². The zero-order valence-electron chi connectivity index (χ0n) is 14.5. The Hall–Kier alpha value is -1.55. The fourth-order valence-corrected chi connectivity index (χ4v) is 3.16. The van der Waals surface area contributed by atoms with Crippen LogP contribution in [-0.2, 0) is 33.4 Å². The van der Waals surface area contributed by atoms with E-state index in [1.54, 1.807) is 13.8 Å². The van der Waals surface area contributed by atoms with Crippen LogP contribution in [0.1, 0.15) is 33.6 Å². The number of carbonyl (C=O) groups excluding carboxylic acids is 5. The third-order valence-corrected chi connectivity index (χ3v) is 4.36. The van der Waals surface area contributed by atoms with Crippen LogP contribution in [0.5, 0.6) is 0 Å². The summed E-state index contributed by atoms with van der Waals surface area (Å²) in [6.07, 6.45) is -0.229. The minimum absolute atomic E-state index is 0.0159. The van der Waals surface area contributed by atoms with E-state index in [9.17, 15) is 24.0 Å². The van der Waals surface area contributed by atoms with Gasteiger partial charge >= 0.3 is 11.9 Å². The molecular weight excluding hydrogens is 370 g/mol. The van der Waals surface area contributed by atoms with E-state index >= 15 is 0 Å². The standard InChI is InChI=1S/C15H23NO7S2/c1-4-22-12(18)6-7-24-13(19)8-14(20)25-9-11(16-10(3)17)15(21)23-5-2/h11H,4-9H2,1-3H3,(H,16,17). The minimum atomic E-state index is -0.946. The van der Waals surface area contributed by atoms with E-state index in [2.05, 4.69) is 5.32 Å². The molecule has 8 nitrogen and oxygen atoms in total. The lowest BCUT2D eigenvalue weighted by atomic mass is 10.3. The summed E-state index contributed by atoms with van der Waals surface area (Å²) in [6.45, 7) is 5.01. The molecule has 0 spiro atoms. The van der Waals surface area contributed by atoms with Gasteiger partial charge in [-0.3, -0.25) is 19.2 Å². The number of carbonyl (C=O) groups is 5. The van der Waals surface area contributed by atoms with Gasteiger partial charge in [-0.25, -0.2) is 4.79 Å². The molecule has 0 aliphatic rings. The zero-order chi connectivity index (χ0) is 19.2. The van der Waals surface area contributed by atoms with Crippen molar-refractivity contribution < 1.29 is 33.4 Å². The maximum Gasteiger partial charge on any atom is 0.329 e. The molecule has 1 amide bonds. The van der Waals surface area contributed by atoms with Gasteiger partial charge in [-0.2, -0.15) is 0 Å². The normalized spacial score (nSPS) is 11.3. The Morgan fingerprint density at radius 3 is 2.12 bits per heavy atom. The molecule has 0 bridgehead atoms. The van der Waals surface area contributed by atoms with Crippen LogP contribution in [0.3, 0.4) is 0 Å². The quantitative estimate of drug-likeness (QED) is 0.404. The molecule has 10 heteroatoms. The smallest absolute Gasteiger partial charge is 0.329 e. The first-order chi connectivity index (χ1) is 11.8. The Morgan fingerprint density at radius 1 is 0.960 bits per heavy atom. The van der Waals surface area contributed by atoms with Gasteiger partial charge in [0, 0.05) is 18.4 Å². The van der Waals surface area contributed by atoms with Crippen LogP contribution in [0, 0.1) is 0 Å². The lowest BCUT2D eigenvalue weighted by Gasteiger charge is -2.15. The Bertz CT molecular complexity index is 496. The van der Waals surface area contributed by atoms with Crippen molar-refractivity contribution in [3.8, 4) is 0 Å². The van der Waals surface area contributed by atoms with Crippen molar-refractivity contribution in [2.24, 2.45) is 0 Å². The first kappa shape index (κ1) is 23.4. The largest absolute Gasteiger partial charge is 0.466 e. The first-order valence-corrected chi connectivity index (χ1v) is 9.67. The lowest BCUT2D eigenvalue weighted by Crippen LogP contribution is -2.42. The molecule has 0 aromatic heterocycles. The molecular formula is C15H23NO7S2. The van der Waals surface area contributed by atoms with Crippen LogP contribution in [0.15, 0.2) is 0 Å². The second-order valence-corrected chi connectivity index (χ2v) is 6.87. The Labute approximate surface area is 155 Å². The predicted octanol–water partition coefficient (Wildman–Crippen LogP) is 0.917. The van der Waals surface area contributed by atoms with Gasteiger partial charge in [-0.1, -0.05) is 23.5 Å². The molecule has 0 aromatic carbocycles. The molecule has 25 heavy (non-hydrogen) atoms. The zero-order valence-corrected chi connectivity index (χ0v) is 16.1. The molecule has 1 unspecified atom stereocenters. The molecule has 1 N–H and O–H groups in total. The number of ether oxygens (including phenoxy) is 2. The van der Waals surface area contributed by atoms with Crippen molar-refractivity contribution in [1.29, 1.82) is 0 Å². The fourth-order valence-electron chi connectivity index (χ4n) is 1.53. The Morgan fingerprint density at radius 2 is 1.56 bits per heavy atom. The van der Waals surface area contributed by atoms with Crippen LogP contribution < -0.4 is 5.32 Å². The maximum atomic E-state index is 11.8. The second kappa shape index (κ2) is 13.7. The average molecular weight is 393 g/mol. The van der Waals surface area contributed by atoms with Crippen LogP contribution in [0.2, 0.25) is 0 Å². The topological polar surface area (TPSA) is 116 Å². The summed E-state index contributed by atoms with van der Waals surface area (Å²) in [4.78, 5) is 57.4. The van der Waals surface area contributed by atoms with Gasteiger partial charge in [-0.15, -0.1) is 0 Å². The molecule has 142 valence electrons. The summed E-state index contributed by atoms with van der Waals surface area (Å²) < 4.78 is 9.55.